The molecule has 0 aliphatic carbocycles. The average Bonchev–Trinajstić information content (AvgIpc) is 3.16. The summed E-state index contributed by atoms with van der Waals surface area (Å²) in [5.41, 5.74) is 3.42. The summed E-state index contributed by atoms with van der Waals surface area (Å²) in [6.07, 6.45) is 0. The van der Waals surface area contributed by atoms with Crippen molar-refractivity contribution in [2.45, 2.75) is 19.7 Å². The zero-order chi connectivity index (χ0) is 18.5. The Bertz CT molecular complexity index is 912. The van der Waals surface area contributed by atoms with Crippen LogP contribution in [0.2, 0.25) is 5.02 Å². The Kier molecular flexibility index (Phi) is 5.47. The Morgan fingerprint density at radius 2 is 1.56 bits per heavy atom. The minimum atomic E-state index is 0.301. The maximum Gasteiger partial charge on any atom is 0.231 e. The lowest BCUT2D eigenvalue weighted by atomic mass is 10.2. The second-order valence-electron chi connectivity index (χ2n) is 6.35. The van der Waals surface area contributed by atoms with Gasteiger partial charge in [-0.1, -0.05) is 41.9 Å². The summed E-state index contributed by atoms with van der Waals surface area (Å²) in [5.74, 6) is 2.48. The molecule has 0 amide bonds. The zero-order valence-electron chi connectivity index (χ0n) is 14.8. The molecule has 1 aliphatic rings. The van der Waals surface area contributed by atoms with Crippen molar-refractivity contribution in [3.8, 4) is 17.2 Å². The monoisotopic (exact) mass is 381 g/mol. The molecule has 0 radical (unpaired) electrons. The fourth-order valence-electron chi connectivity index (χ4n) is 2.89. The average molecular weight is 382 g/mol. The van der Waals surface area contributed by atoms with Crippen LogP contribution in [0.1, 0.15) is 16.7 Å². The van der Waals surface area contributed by atoms with Crippen LogP contribution in [0.5, 0.6) is 17.2 Å². The minimum absolute atomic E-state index is 0.301. The largest absolute Gasteiger partial charge is 0.489 e. The van der Waals surface area contributed by atoms with Gasteiger partial charge in [-0.25, -0.2) is 0 Å². The summed E-state index contributed by atoms with van der Waals surface area (Å²) in [6.45, 7) is 2.33. The van der Waals surface area contributed by atoms with Crippen molar-refractivity contribution < 1.29 is 14.2 Å². The third kappa shape index (κ3) is 4.73. The lowest BCUT2D eigenvalue weighted by Gasteiger charge is -2.10. The van der Waals surface area contributed by atoms with E-state index in [0.717, 1.165) is 46.5 Å². The van der Waals surface area contributed by atoms with Gasteiger partial charge in [-0.2, -0.15) is 0 Å². The van der Waals surface area contributed by atoms with Crippen molar-refractivity contribution in [3.63, 3.8) is 0 Å². The van der Waals surface area contributed by atoms with Crippen molar-refractivity contribution in [2.24, 2.45) is 0 Å². The number of fused-ring (bicyclic) bond motifs is 1. The molecule has 0 saturated heterocycles. The van der Waals surface area contributed by atoms with Crippen LogP contribution in [0.3, 0.4) is 0 Å². The fourth-order valence-corrected chi connectivity index (χ4v) is 3.02. The first-order valence-corrected chi connectivity index (χ1v) is 9.19. The lowest BCUT2D eigenvalue weighted by Crippen LogP contribution is -2.12. The molecule has 0 unspecified atom stereocenters. The van der Waals surface area contributed by atoms with Crippen LogP contribution in [-0.4, -0.2) is 6.79 Å². The van der Waals surface area contributed by atoms with Crippen LogP contribution in [0.4, 0.5) is 0 Å². The molecule has 0 fully saturated rings. The molecular formula is C22H20ClNO3. The molecule has 4 rings (SSSR count). The van der Waals surface area contributed by atoms with Gasteiger partial charge < -0.3 is 19.5 Å². The van der Waals surface area contributed by atoms with Gasteiger partial charge in [0.25, 0.3) is 0 Å². The van der Waals surface area contributed by atoms with Gasteiger partial charge in [-0.3, -0.25) is 0 Å². The van der Waals surface area contributed by atoms with Gasteiger partial charge in [-0.15, -0.1) is 0 Å². The van der Waals surface area contributed by atoms with Gasteiger partial charge >= 0.3 is 0 Å². The van der Waals surface area contributed by atoms with Crippen LogP contribution < -0.4 is 19.5 Å². The highest BCUT2D eigenvalue weighted by atomic mass is 35.5. The Labute approximate surface area is 163 Å². The lowest BCUT2D eigenvalue weighted by molar-refractivity contribution is 0.174. The third-order valence-electron chi connectivity index (χ3n) is 4.31. The van der Waals surface area contributed by atoms with E-state index in [4.69, 9.17) is 25.8 Å². The van der Waals surface area contributed by atoms with Crippen molar-refractivity contribution in [1.29, 1.82) is 0 Å². The van der Waals surface area contributed by atoms with Crippen molar-refractivity contribution in [3.05, 3.63) is 88.4 Å². The maximum atomic E-state index is 5.91. The predicted molar refractivity (Wildman–Crippen MR) is 105 cm³/mol. The first-order chi connectivity index (χ1) is 13.3. The summed E-state index contributed by atoms with van der Waals surface area (Å²) in [7, 11) is 0. The van der Waals surface area contributed by atoms with Crippen LogP contribution in [-0.2, 0) is 19.7 Å². The smallest absolute Gasteiger partial charge is 0.231 e. The van der Waals surface area contributed by atoms with E-state index in [1.54, 1.807) is 0 Å². The first-order valence-electron chi connectivity index (χ1n) is 8.82. The third-order valence-corrected chi connectivity index (χ3v) is 4.56. The van der Waals surface area contributed by atoms with Crippen LogP contribution in [0.25, 0.3) is 0 Å². The SMILES string of the molecule is Clc1ccc(COc2cccc(CNCc3ccc4c(c3)OCO4)c2)cc1. The van der Waals surface area contributed by atoms with Crippen LogP contribution in [0.15, 0.2) is 66.7 Å². The second kappa shape index (κ2) is 8.33. The van der Waals surface area contributed by atoms with Gasteiger partial charge in [0, 0.05) is 18.1 Å². The van der Waals surface area contributed by atoms with E-state index in [9.17, 15) is 0 Å². The number of halogens is 1. The van der Waals surface area contributed by atoms with Gasteiger partial charge in [0.05, 0.1) is 0 Å². The molecule has 1 N–H and O–H groups in total. The first kappa shape index (κ1) is 17.7. The van der Waals surface area contributed by atoms with Crippen molar-refractivity contribution >= 4 is 11.6 Å². The molecule has 1 aliphatic heterocycles. The number of benzene rings is 3. The Hall–Kier alpha value is -2.69. The highest BCUT2D eigenvalue weighted by Crippen LogP contribution is 2.32. The van der Waals surface area contributed by atoms with E-state index in [1.165, 1.54) is 5.56 Å². The van der Waals surface area contributed by atoms with Crippen molar-refractivity contribution in [2.75, 3.05) is 6.79 Å². The Morgan fingerprint density at radius 3 is 2.41 bits per heavy atom. The quantitative estimate of drug-likeness (QED) is 0.629. The van der Waals surface area contributed by atoms with E-state index >= 15 is 0 Å². The Balaban J connectivity index is 1.29. The number of rotatable bonds is 7. The molecule has 5 heteroatoms. The summed E-state index contributed by atoms with van der Waals surface area (Å²) < 4.78 is 16.6. The topological polar surface area (TPSA) is 39.7 Å². The fraction of sp³-hybridized carbons (Fsp3) is 0.182. The van der Waals surface area contributed by atoms with Crippen LogP contribution in [0, 0.1) is 0 Å². The normalized spacial score (nSPS) is 12.2. The number of hydrogen-bond acceptors (Lipinski definition) is 4. The minimum Gasteiger partial charge on any atom is -0.489 e. The summed E-state index contributed by atoms with van der Waals surface area (Å²) in [4.78, 5) is 0. The summed E-state index contributed by atoms with van der Waals surface area (Å²) >= 11 is 5.91. The standard InChI is InChI=1S/C22H20ClNO3/c23-19-7-4-16(5-8-19)14-25-20-3-1-2-17(10-20)12-24-13-18-6-9-21-22(11-18)27-15-26-21/h1-11,24H,12-15H2. The Morgan fingerprint density at radius 1 is 0.815 bits per heavy atom. The molecule has 1 heterocycles. The number of ether oxygens (including phenoxy) is 3. The molecule has 0 atom stereocenters. The molecule has 0 spiro atoms. The van der Waals surface area contributed by atoms with E-state index in [0.29, 0.717) is 13.4 Å². The number of nitrogens with one attached hydrogen (secondary N) is 1. The van der Waals surface area contributed by atoms with E-state index in [2.05, 4.69) is 17.4 Å². The van der Waals surface area contributed by atoms with Gasteiger partial charge in [0.15, 0.2) is 11.5 Å². The van der Waals surface area contributed by atoms with Gasteiger partial charge in [-0.05, 0) is 53.1 Å². The van der Waals surface area contributed by atoms with E-state index in [1.807, 2.05) is 54.6 Å². The van der Waals surface area contributed by atoms with Gasteiger partial charge in [0.1, 0.15) is 12.4 Å². The molecule has 138 valence electrons. The molecular weight excluding hydrogens is 362 g/mol. The predicted octanol–water partition coefficient (Wildman–Crippen LogP) is 4.94. The maximum absolute atomic E-state index is 5.91. The van der Waals surface area contributed by atoms with Gasteiger partial charge in [0.2, 0.25) is 6.79 Å². The summed E-state index contributed by atoms with van der Waals surface area (Å²) in [6, 6.07) is 21.8. The molecule has 27 heavy (non-hydrogen) atoms. The molecule has 0 aromatic heterocycles. The van der Waals surface area contributed by atoms with Crippen molar-refractivity contribution in [1.82, 2.24) is 5.32 Å². The highest BCUT2D eigenvalue weighted by molar-refractivity contribution is 6.30. The van der Waals surface area contributed by atoms with Crippen LogP contribution >= 0.6 is 11.6 Å². The molecule has 0 bridgehead atoms. The molecule has 0 saturated carbocycles. The molecule has 3 aromatic rings. The second-order valence-corrected chi connectivity index (χ2v) is 6.79. The van der Waals surface area contributed by atoms with E-state index in [-0.39, 0.29) is 0 Å². The van der Waals surface area contributed by atoms with E-state index < -0.39 is 0 Å². The summed E-state index contributed by atoms with van der Waals surface area (Å²) in [5, 5.41) is 4.18. The molecule has 3 aromatic carbocycles. The zero-order valence-corrected chi connectivity index (χ0v) is 15.5. The number of hydrogen-bond donors (Lipinski definition) is 1. The molecule has 4 nitrogen and oxygen atoms in total. The highest BCUT2D eigenvalue weighted by Gasteiger charge is 2.12.